The first-order valence-corrected chi connectivity index (χ1v) is 11.6. The molecule has 0 radical (unpaired) electrons. The SMILES string of the molecule is NC(=O)CC1CC(C(=O)N2CCC(O)(Cn3cnc4c(cnn4-c4ccccc4)c3=O)CC2)C1. The minimum absolute atomic E-state index is 0.0640. The largest absolute Gasteiger partial charge is 0.388 e. The summed E-state index contributed by atoms with van der Waals surface area (Å²) in [7, 11) is 0. The maximum Gasteiger partial charge on any atom is 0.264 e. The van der Waals surface area contributed by atoms with Gasteiger partial charge < -0.3 is 15.7 Å². The van der Waals surface area contributed by atoms with Crippen molar-refractivity contribution in [3.8, 4) is 5.69 Å². The molecule has 178 valence electrons. The summed E-state index contributed by atoms with van der Waals surface area (Å²) in [5.41, 5.74) is 5.16. The van der Waals surface area contributed by atoms with Crippen LogP contribution in [0.4, 0.5) is 0 Å². The molecular weight excluding hydrogens is 436 g/mol. The number of nitrogens with zero attached hydrogens (tertiary/aromatic N) is 5. The number of fused-ring (bicyclic) bond motifs is 1. The molecule has 3 heterocycles. The number of likely N-dealkylation sites (tertiary alicyclic amines) is 1. The molecule has 1 aliphatic carbocycles. The highest BCUT2D eigenvalue weighted by Crippen LogP contribution is 2.38. The highest BCUT2D eigenvalue weighted by Gasteiger charge is 2.40. The van der Waals surface area contributed by atoms with E-state index in [0.29, 0.717) is 56.2 Å². The number of amides is 2. The third-order valence-corrected chi connectivity index (χ3v) is 7.10. The average Bonchev–Trinajstić information content (AvgIpc) is 3.23. The van der Waals surface area contributed by atoms with E-state index in [2.05, 4.69) is 10.1 Å². The fourth-order valence-electron chi connectivity index (χ4n) is 5.08. The van der Waals surface area contributed by atoms with Gasteiger partial charge in [-0.05, 0) is 43.7 Å². The van der Waals surface area contributed by atoms with E-state index in [1.165, 1.54) is 17.1 Å². The summed E-state index contributed by atoms with van der Waals surface area (Å²) in [5.74, 6) is -0.106. The first kappa shape index (κ1) is 22.3. The van der Waals surface area contributed by atoms with Crippen LogP contribution in [0.15, 0.2) is 47.7 Å². The van der Waals surface area contributed by atoms with E-state index in [1.807, 2.05) is 30.3 Å². The Morgan fingerprint density at radius 3 is 2.53 bits per heavy atom. The maximum atomic E-state index is 13.1. The summed E-state index contributed by atoms with van der Waals surface area (Å²) in [6, 6.07) is 9.46. The Bertz CT molecular complexity index is 1270. The van der Waals surface area contributed by atoms with Crippen molar-refractivity contribution in [3.05, 3.63) is 53.2 Å². The van der Waals surface area contributed by atoms with Crippen molar-refractivity contribution in [2.45, 2.75) is 44.2 Å². The zero-order valence-corrected chi connectivity index (χ0v) is 18.8. The van der Waals surface area contributed by atoms with Crippen molar-refractivity contribution in [3.63, 3.8) is 0 Å². The molecule has 2 aliphatic rings. The lowest BCUT2D eigenvalue weighted by Crippen LogP contribution is -2.52. The van der Waals surface area contributed by atoms with Crippen molar-refractivity contribution in [1.82, 2.24) is 24.2 Å². The van der Waals surface area contributed by atoms with Crippen molar-refractivity contribution in [2.75, 3.05) is 13.1 Å². The Labute approximate surface area is 196 Å². The van der Waals surface area contributed by atoms with Gasteiger partial charge in [0.05, 0.1) is 24.0 Å². The maximum absolute atomic E-state index is 13.1. The van der Waals surface area contributed by atoms with Gasteiger partial charge in [0.15, 0.2) is 5.65 Å². The van der Waals surface area contributed by atoms with E-state index in [1.54, 1.807) is 9.58 Å². The Morgan fingerprint density at radius 2 is 1.85 bits per heavy atom. The number of hydrogen-bond donors (Lipinski definition) is 2. The molecule has 2 fully saturated rings. The number of nitrogens with two attached hydrogens (primary N) is 1. The van der Waals surface area contributed by atoms with E-state index in [0.717, 1.165) is 5.69 Å². The number of aliphatic hydroxyl groups is 1. The molecule has 0 bridgehead atoms. The minimum Gasteiger partial charge on any atom is -0.388 e. The van der Waals surface area contributed by atoms with Gasteiger partial charge in [0.25, 0.3) is 5.56 Å². The van der Waals surface area contributed by atoms with Gasteiger partial charge in [-0.15, -0.1) is 0 Å². The minimum atomic E-state index is -1.10. The fraction of sp³-hybridized carbons (Fsp3) is 0.458. The lowest BCUT2D eigenvalue weighted by Gasteiger charge is -2.42. The van der Waals surface area contributed by atoms with Crippen LogP contribution in [-0.2, 0) is 16.1 Å². The summed E-state index contributed by atoms with van der Waals surface area (Å²) in [4.78, 5) is 43.1. The van der Waals surface area contributed by atoms with Gasteiger partial charge >= 0.3 is 0 Å². The van der Waals surface area contributed by atoms with Gasteiger partial charge in [0, 0.05) is 25.4 Å². The van der Waals surface area contributed by atoms with Crippen LogP contribution in [-0.4, -0.2) is 59.8 Å². The van der Waals surface area contributed by atoms with Crippen LogP contribution >= 0.6 is 0 Å². The highest BCUT2D eigenvalue weighted by atomic mass is 16.3. The lowest BCUT2D eigenvalue weighted by molar-refractivity contribution is -0.145. The van der Waals surface area contributed by atoms with Crippen molar-refractivity contribution in [2.24, 2.45) is 17.6 Å². The zero-order valence-electron chi connectivity index (χ0n) is 18.8. The summed E-state index contributed by atoms with van der Waals surface area (Å²) in [6.07, 6.45) is 5.44. The molecule has 3 aromatic rings. The molecule has 3 N–H and O–H groups in total. The number of carbonyl (C=O) groups is 2. The molecule has 10 heteroatoms. The molecule has 10 nitrogen and oxygen atoms in total. The van der Waals surface area contributed by atoms with E-state index in [4.69, 9.17) is 5.73 Å². The van der Waals surface area contributed by atoms with E-state index < -0.39 is 5.60 Å². The van der Waals surface area contributed by atoms with Crippen molar-refractivity contribution >= 4 is 22.8 Å². The van der Waals surface area contributed by atoms with E-state index in [9.17, 15) is 19.5 Å². The summed E-state index contributed by atoms with van der Waals surface area (Å²) in [6.45, 7) is 0.975. The van der Waals surface area contributed by atoms with Crippen LogP contribution in [0.2, 0.25) is 0 Å². The molecule has 1 saturated carbocycles. The topological polar surface area (TPSA) is 136 Å². The summed E-state index contributed by atoms with van der Waals surface area (Å²) >= 11 is 0. The van der Waals surface area contributed by atoms with Gasteiger partial charge in [-0.1, -0.05) is 18.2 Å². The number of rotatable bonds is 6. The van der Waals surface area contributed by atoms with Gasteiger partial charge in [0.2, 0.25) is 11.8 Å². The molecule has 34 heavy (non-hydrogen) atoms. The van der Waals surface area contributed by atoms with Crippen LogP contribution < -0.4 is 11.3 Å². The Hall–Kier alpha value is -3.53. The van der Waals surface area contributed by atoms with E-state index >= 15 is 0 Å². The van der Waals surface area contributed by atoms with Crippen LogP contribution in [0.25, 0.3) is 16.7 Å². The third-order valence-electron chi connectivity index (χ3n) is 7.10. The first-order valence-electron chi connectivity index (χ1n) is 11.6. The summed E-state index contributed by atoms with van der Waals surface area (Å²) < 4.78 is 3.05. The molecule has 2 amide bonds. The van der Waals surface area contributed by atoms with E-state index in [-0.39, 0.29) is 35.8 Å². The molecule has 2 aromatic heterocycles. The smallest absolute Gasteiger partial charge is 0.264 e. The second kappa shape index (κ2) is 8.68. The average molecular weight is 465 g/mol. The third kappa shape index (κ3) is 4.21. The van der Waals surface area contributed by atoms with Gasteiger partial charge in [-0.2, -0.15) is 5.10 Å². The van der Waals surface area contributed by atoms with Crippen LogP contribution in [0.5, 0.6) is 0 Å². The summed E-state index contributed by atoms with van der Waals surface area (Å²) in [5, 5.41) is 15.9. The highest BCUT2D eigenvalue weighted by molar-refractivity contribution is 5.80. The van der Waals surface area contributed by atoms with Crippen molar-refractivity contribution in [1.29, 1.82) is 0 Å². The Kier molecular flexibility index (Phi) is 5.68. The van der Waals surface area contributed by atoms with Crippen LogP contribution in [0, 0.1) is 11.8 Å². The fourth-order valence-corrected chi connectivity index (χ4v) is 5.08. The number of primary amides is 1. The number of para-hydroxylation sites is 1. The molecule has 0 spiro atoms. The standard InChI is InChI=1S/C24H28N6O4/c25-20(31)12-16-10-17(11-16)22(32)28-8-6-24(34,7-9-28)14-29-15-26-21-19(23(29)33)13-27-30(21)18-4-2-1-3-5-18/h1-5,13,15-17,34H,6-12,14H2,(H2,25,31). The molecule has 1 aliphatic heterocycles. The molecule has 1 saturated heterocycles. The molecular formula is C24H28N6O4. The van der Waals surface area contributed by atoms with Gasteiger partial charge in [-0.3, -0.25) is 19.0 Å². The second-order valence-electron chi connectivity index (χ2n) is 9.56. The monoisotopic (exact) mass is 464 g/mol. The predicted molar refractivity (Wildman–Crippen MR) is 124 cm³/mol. The van der Waals surface area contributed by atoms with Gasteiger partial charge in [-0.25, -0.2) is 9.67 Å². The second-order valence-corrected chi connectivity index (χ2v) is 9.56. The van der Waals surface area contributed by atoms with Crippen molar-refractivity contribution < 1.29 is 14.7 Å². The molecule has 5 rings (SSSR count). The van der Waals surface area contributed by atoms with Crippen LogP contribution in [0.3, 0.4) is 0 Å². The number of piperidine rings is 1. The Balaban J connectivity index is 1.23. The number of hydrogen-bond acceptors (Lipinski definition) is 6. The van der Waals surface area contributed by atoms with Gasteiger partial charge in [0.1, 0.15) is 11.7 Å². The molecule has 0 unspecified atom stereocenters. The quantitative estimate of drug-likeness (QED) is 0.555. The Morgan fingerprint density at radius 1 is 1.15 bits per heavy atom. The first-order chi connectivity index (χ1) is 16.3. The number of benzene rings is 1. The lowest BCUT2D eigenvalue weighted by atomic mass is 9.72. The molecule has 1 aromatic carbocycles. The number of aromatic nitrogens is 4. The van der Waals surface area contributed by atoms with Crippen LogP contribution in [0.1, 0.15) is 32.1 Å². The molecule has 0 atom stereocenters. The number of carbonyl (C=O) groups excluding carboxylic acids is 2. The zero-order chi connectivity index (χ0) is 23.9. The predicted octanol–water partition coefficient (Wildman–Crippen LogP) is 0.837. The normalized spacial score (nSPS) is 21.9.